The van der Waals surface area contributed by atoms with Gasteiger partial charge in [0.2, 0.25) is 0 Å². The summed E-state index contributed by atoms with van der Waals surface area (Å²) in [7, 11) is 0. The van der Waals surface area contributed by atoms with E-state index in [9.17, 15) is 9.59 Å². The van der Waals surface area contributed by atoms with Crippen molar-refractivity contribution in [1.82, 2.24) is 14.8 Å². The summed E-state index contributed by atoms with van der Waals surface area (Å²) in [6, 6.07) is 20.2. The molecule has 0 spiro atoms. The molecule has 8 heteroatoms. The Morgan fingerprint density at radius 1 is 1.06 bits per heavy atom. The van der Waals surface area contributed by atoms with E-state index in [0.29, 0.717) is 10.9 Å². The molecule has 0 fully saturated rings. The predicted molar refractivity (Wildman–Crippen MR) is 125 cm³/mol. The Balaban J connectivity index is 1.40. The van der Waals surface area contributed by atoms with Crippen LogP contribution in [0.15, 0.2) is 76.9 Å². The lowest BCUT2D eigenvalue weighted by molar-refractivity contribution is 0.101. The highest BCUT2D eigenvalue weighted by Gasteiger charge is 2.13. The van der Waals surface area contributed by atoms with Crippen LogP contribution in [0.1, 0.15) is 23.0 Å². The monoisotopic (exact) mass is 446 g/mol. The van der Waals surface area contributed by atoms with Crippen molar-refractivity contribution in [2.75, 3.05) is 11.9 Å². The first-order valence-electron chi connectivity index (χ1n) is 10.2. The standard InChI is InChI=1S/C24H22N4O3S/c1-2-17-8-10-18(11-9-17)21-16-32-24(25-21)26-23(30)20-12-13-22(29)28(27-20)14-15-31-19-6-4-3-5-7-19/h3-13,16H,2,14-15H2,1H3,(H,25,26,30). The first kappa shape index (κ1) is 21.5. The molecular weight excluding hydrogens is 424 g/mol. The second kappa shape index (κ2) is 10.0. The lowest BCUT2D eigenvalue weighted by atomic mass is 10.1. The summed E-state index contributed by atoms with van der Waals surface area (Å²) in [5, 5.41) is 9.30. The van der Waals surface area contributed by atoms with Crippen LogP contribution in [0.25, 0.3) is 11.3 Å². The Bertz CT molecular complexity index is 1250. The number of carbonyl (C=O) groups excluding carboxylic acids is 1. The van der Waals surface area contributed by atoms with Gasteiger partial charge < -0.3 is 4.74 Å². The molecule has 2 aromatic carbocycles. The fourth-order valence-corrected chi connectivity index (χ4v) is 3.75. The lowest BCUT2D eigenvalue weighted by Crippen LogP contribution is -2.28. The smallest absolute Gasteiger partial charge is 0.277 e. The molecule has 0 saturated carbocycles. The number of ether oxygens (including phenoxy) is 1. The van der Waals surface area contributed by atoms with Gasteiger partial charge in [-0.15, -0.1) is 11.3 Å². The van der Waals surface area contributed by atoms with E-state index in [2.05, 4.69) is 34.5 Å². The van der Waals surface area contributed by atoms with Crippen LogP contribution >= 0.6 is 11.3 Å². The van der Waals surface area contributed by atoms with Gasteiger partial charge in [0.05, 0.1) is 12.2 Å². The number of nitrogens with one attached hydrogen (secondary N) is 1. The average molecular weight is 447 g/mol. The number of hydrogen-bond donors (Lipinski definition) is 1. The topological polar surface area (TPSA) is 86.1 Å². The highest BCUT2D eigenvalue weighted by molar-refractivity contribution is 7.14. The minimum atomic E-state index is -0.426. The Labute approximate surface area is 189 Å². The number of rotatable bonds is 8. The van der Waals surface area contributed by atoms with Crippen LogP contribution in [0.4, 0.5) is 5.13 Å². The van der Waals surface area contributed by atoms with Gasteiger partial charge in [-0.1, -0.05) is 49.4 Å². The molecule has 1 amide bonds. The number of amides is 1. The normalized spacial score (nSPS) is 10.7. The van der Waals surface area contributed by atoms with Crippen LogP contribution in [0.3, 0.4) is 0 Å². The highest BCUT2D eigenvalue weighted by Crippen LogP contribution is 2.25. The minimum Gasteiger partial charge on any atom is -0.492 e. The number of nitrogens with zero attached hydrogens (tertiary/aromatic N) is 3. The van der Waals surface area contributed by atoms with Crippen molar-refractivity contribution in [3.63, 3.8) is 0 Å². The number of aromatic nitrogens is 3. The number of aryl methyl sites for hydroxylation is 1. The van der Waals surface area contributed by atoms with Crippen LogP contribution in [-0.2, 0) is 13.0 Å². The molecule has 2 heterocycles. The van der Waals surface area contributed by atoms with E-state index in [4.69, 9.17) is 4.74 Å². The number of carbonyl (C=O) groups is 1. The summed E-state index contributed by atoms with van der Waals surface area (Å²) in [6.45, 7) is 2.59. The summed E-state index contributed by atoms with van der Waals surface area (Å²) in [6.07, 6.45) is 0.978. The van der Waals surface area contributed by atoms with E-state index in [0.717, 1.165) is 17.7 Å². The van der Waals surface area contributed by atoms with Crippen molar-refractivity contribution in [3.8, 4) is 17.0 Å². The van der Waals surface area contributed by atoms with Crippen LogP contribution in [0.2, 0.25) is 0 Å². The SMILES string of the molecule is CCc1ccc(-c2csc(NC(=O)c3ccc(=O)n(CCOc4ccccc4)n3)n2)cc1. The Morgan fingerprint density at radius 2 is 1.84 bits per heavy atom. The zero-order valence-electron chi connectivity index (χ0n) is 17.5. The number of benzene rings is 2. The molecular formula is C24H22N4O3S. The van der Waals surface area contributed by atoms with Crippen LogP contribution < -0.4 is 15.6 Å². The van der Waals surface area contributed by atoms with Gasteiger partial charge in [0.1, 0.15) is 18.1 Å². The van der Waals surface area contributed by atoms with Crippen molar-refractivity contribution < 1.29 is 9.53 Å². The molecule has 4 aromatic rings. The summed E-state index contributed by atoms with van der Waals surface area (Å²) in [4.78, 5) is 29.2. The molecule has 0 aliphatic heterocycles. The van der Waals surface area contributed by atoms with Crippen molar-refractivity contribution in [2.24, 2.45) is 0 Å². The van der Waals surface area contributed by atoms with E-state index >= 15 is 0 Å². The molecule has 0 bridgehead atoms. The molecule has 0 radical (unpaired) electrons. The number of anilines is 1. The molecule has 0 aliphatic rings. The van der Waals surface area contributed by atoms with E-state index in [-0.39, 0.29) is 24.4 Å². The molecule has 2 aromatic heterocycles. The maximum Gasteiger partial charge on any atom is 0.277 e. The van der Waals surface area contributed by atoms with Gasteiger partial charge >= 0.3 is 0 Å². The van der Waals surface area contributed by atoms with E-state index in [1.807, 2.05) is 47.8 Å². The minimum absolute atomic E-state index is 0.133. The number of para-hydroxylation sites is 1. The van der Waals surface area contributed by atoms with E-state index < -0.39 is 5.91 Å². The summed E-state index contributed by atoms with van der Waals surface area (Å²) >= 11 is 1.34. The zero-order chi connectivity index (χ0) is 22.3. The first-order valence-corrected chi connectivity index (χ1v) is 11.1. The van der Waals surface area contributed by atoms with Gasteiger partial charge in [0.25, 0.3) is 11.5 Å². The fraction of sp³-hybridized carbons (Fsp3) is 0.167. The fourth-order valence-electron chi connectivity index (χ4n) is 3.03. The molecule has 4 rings (SSSR count). The highest BCUT2D eigenvalue weighted by atomic mass is 32.1. The Kier molecular flexibility index (Phi) is 6.72. The molecule has 0 atom stereocenters. The zero-order valence-corrected chi connectivity index (χ0v) is 18.3. The number of hydrogen-bond acceptors (Lipinski definition) is 6. The van der Waals surface area contributed by atoms with Gasteiger partial charge in [-0.3, -0.25) is 14.9 Å². The van der Waals surface area contributed by atoms with Crippen LogP contribution in [-0.4, -0.2) is 27.3 Å². The van der Waals surface area contributed by atoms with Crippen molar-refractivity contribution in [2.45, 2.75) is 19.9 Å². The second-order valence-corrected chi connectivity index (χ2v) is 7.84. The quantitative estimate of drug-likeness (QED) is 0.437. The summed E-state index contributed by atoms with van der Waals surface area (Å²) < 4.78 is 6.83. The van der Waals surface area contributed by atoms with Crippen LogP contribution in [0.5, 0.6) is 5.75 Å². The molecule has 32 heavy (non-hydrogen) atoms. The van der Waals surface area contributed by atoms with Crippen molar-refractivity contribution in [1.29, 1.82) is 0 Å². The van der Waals surface area contributed by atoms with Crippen molar-refractivity contribution >= 4 is 22.4 Å². The molecule has 162 valence electrons. The molecule has 0 saturated heterocycles. The molecule has 1 N–H and O–H groups in total. The molecule has 0 aliphatic carbocycles. The third-order valence-electron chi connectivity index (χ3n) is 4.80. The van der Waals surface area contributed by atoms with Gasteiger partial charge in [-0.2, -0.15) is 5.10 Å². The maximum atomic E-state index is 12.6. The van der Waals surface area contributed by atoms with Gasteiger partial charge in [0.15, 0.2) is 5.13 Å². The summed E-state index contributed by atoms with van der Waals surface area (Å²) in [5.41, 5.74) is 2.87. The van der Waals surface area contributed by atoms with Gasteiger partial charge in [-0.05, 0) is 30.2 Å². The summed E-state index contributed by atoms with van der Waals surface area (Å²) in [5.74, 6) is 0.281. The predicted octanol–water partition coefficient (Wildman–Crippen LogP) is 4.26. The first-order chi connectivity index (χ1) is 15.6. The molecule has 0 unspecified atom stereocenters. The van der Waals surface area contributed by atoms with E-state index in [1.165, 1.54) is 33.7 Å². The third kappa shape index (κ3) is 5.28. The number of thiazole rings is 1. The molecule has 7 nitrogen and oxygen atoms in total. The Morgan fingerprint density at radius 3 is 2.59 bits per heavy atom. The third-order valence-corrected chi connectivity index (χ3v) is 5.55. The second-order valence-electron chi connectivity index (χ2n) is 6.98. The largest absolute Gasteiger partial charge is 0.492 e. The Hall–Kier alpha value is -3.78. The average Bonchev–Trinajstić information content (AvgIpc) is 3.29. The van der Waals surface area contributed by atoms with Gasteiger partial charge in [-0.25, -0.2) is 9.67 Å². The van der Waals surface area contributed by atoms with Crippen LogP contribution in [0, 0.1) is 0 Å². The maximum absolute atomic E-state index is 12.6. The van der Waals surface area contributed by atoms with Gasteiger partial charge in [0, 0.05) is 17.0 Å². The van der Waals surface area contributed by atoms with Crippen molar-refractivity contribution in [3.05, 3.63) is 93.7 Å². The van der Waals surface area contributed by atoms with E-state index in [1.54, 1.807) is 0 Å². The lowest BCUT2D eigenvalue weighted by Gasteiger charge is -2.08.